The van der Waals surface area contributed by atoms with Gasteiger partial charge in [-0.15, -0.1) is 0 Å². The smallest absolute Gasteiger partial charge is 0.259 e. The van der Waals surface area contributed by atoms with Crippen LogP contribution >= 0.6 is 0 Å². The molecule has 0 bridgehead atoms. The minimum Gasteiger partial charge on any atom is -0.380 e. The second-order valence-electron chi connectivity index (χ2n) is 8.38. The summed E-state index contributed by atoms with van der Waals surface area (Å²) >= 11 is 0. The number of fused-ring (bicyclic) bond motifs is 1. The molecule has 5 rings (SSSR count). The van der Waals surface area contributed by atoms with Gasteiger partial charge in [0.1, 0.15) is 23.0 Å². The van der Waals surface area contributed by atoms with Gasteiger partial charge in [-0.2, -0.15) is 9.19 Å². The molecule has 0 spiro atoms. The Morgan fingerprint density at radius 1 is 1.19 bits per heavy atom. The Morgan fingerprint density at radius 2 is 2.03 bits per heavy atom. The minimum absolute atomic E-state index is 0.0228. The van der Waals surface area contributed by atoms with Gasteiger partial charge in [-0.1, -0.05) is 0 Å². The van der Waals surface area contributed by atoms with Gasteiger partial charge < -0.3 is 15.2 Å². The standard InChI is InChI=1S/C20H24F2N4O4S/c21-13-1-2-17(22)16(5-13)20-18(23)6-14(10-30-20)25-7-12-8-26(24-19(12)9-25)31(27,28)15-3-4-29-11-15/h1-2,5,8,14-15,18,20H,3-4,6-7,9-11,23H2/t14-,15+,18+,20-/m1/s1. The molecule has 3 aliphatic rings. The number of rotatable bonds is 4. The highest BCUT2D eigenvalue weighted by Gasteiger charge is 2.38. The zero-order valence-electron chi connectivity index (χ0n) is 16.8. The van der Waals surface area contributed by atoms with E-state index in [1.807, 2.05) is 0 Å². The SMILES string of the molecule is N[C@H]1C[C@@H](N2Cc3cn(S(=O)(=O)[C@H]4CCOC4)nc3C2)CO[C@@H]1c1cc(F)ccc1F. The van der Waals surface area contributed by atoms with E-state index in [1.165, 1.54) is 0 Å². The minimum atomic E-state index is -3.56. The van der Waals surface area contributed by atoms with Crippen LogP contribution < -0.4 is 5.73 Å². The van der Waals surface area contributed by atoms with E-state index >= 15 is 0 Å². The van der Waals surface area contributed by atoms with Crippen LogP contribution in [0, 0.1) is 11.6 Å². The molecule has 3 aliphatic heterocycles. The normalized spacial score (nSPS) is 29.4. The average Bonchev–Trinajstić information content (AvgIpc) is 3.46. The Hall–Kier alpha value is -1.92. The molecule has 1 aromatic heterocycles. The molecule has 4 heterocycles. The molecule has 1 aromatic carbocycles. The van der Waals surface area contributed by atoms with Gasteiger partial charge in [0, 0.05) is 49.1 Å². The van der Waals surface area contributed by atoms with Crippen LogP contribution in [0.3, 0.4) is 0 Å². The summed E-state index contributed by atoms with van der Waals surface area (Å²) in [6.45, 7) is 1.98. The first-order valence-corrected chi connectivity index (χ1v) is 11.8. The highest BCUT2D eigenvalue weighted by molar-refractivity contribution is 7.90. The number of nitrogens with zero attached hydrogens (tertiary/aromatic N) is 3. The topological polar surface area (TPSA) is 99.7 Å². The fourth-order valence-corrected chi connectivity index (χ4v) is 6.05. The molecule has 168 valence electrons. The first kappa shape index (κ1) is 21.0. The van der Waals surface area contributed by atoms with Crippen LogP contribution in [-0.4, -0.2) is 59.7 Å². The third-order valence-corrected chi connectivity index (χ3v) is 8.26. The zero-order valence-corrected chi connectivity index (χ0v) is 17.6. The van der Waals surface area contributed by atoms with Crippen molar-refractivity contribution in [3.05, 3.63) is 52.9 Å². The van der Waals surface area contributed by atoms with E-state index in [1.54, 1.807) is 6.20 Å². The Balaban J connectivity index is 1.25. The van der Waals surface area contributed by atoms with Crippen molar-refractivity contribution in [1.82, 2.24) is 14.1 Å². The number of nitrogens with two attached hydrogens (primary N) is 1. The lowest BCUT2D eigenvalue weighted by molar-refractivity contribution is -0.0533. The van der Waals surface area contributed by atoms with Crippen molar-refractivity contribution in [1.29, 1.82) is 0 Å². The molecular weight excluding hydrogens is 430 g/mol. The molecule has 2 fully saturated rings. The number of hydrogen-bond donors (Lipinski definition) is 1. The maximum absolute atomic E-state index is 14.1. The molecule has 4 atom stereocenters. The van der Waals surface area contributed by atoms with Gasteiger partial charge in [0.15, 0.2) is 0 Å². The first-order valence-electron chi connectivity index (χ1n) is 10.3. The van der Waals surface area contributed by atoms with E-state index in [9.17, 15) is 17.2 Å². The van der Waals surface area contributed by atoms with Gasteiger partial charge >= 0.3 is 0 Å². The summed E-state index contributed by atoms with van der Waals surface area (Å²) in [5.41, 5.74) is 7.97. The third kappa shape index (κ3) is 3.78. The summed E-state index contributed by atoms with van der Waals surface area (Å²) < 4.78 is 65.2. The number of ether oxygens (including phenoxy) is 2. The largest absolute Gasteiger partial charge is 0.380 e. The second kappa shape index (κ2) is 7.89. The molecule has 2 aromatic rings. The van der Waals surface area contributed by atoms with Crippen LogP contribution in [0.4, 0.5) is 8.78 Å². The number of aromatic nitrogens is 2. The summed E-state index contributed by atoms with van der Waals surface area (Å²) in [7, 11) is -3.56. The fraction of sp³-hybridized carbons (Fsp3) is 0.550. The quantitative estimate of drug-likeness (QED) is 0.743. The van der Waals surface area contributed by atoms with Crippen molar-refractivity contribution in [3.63, 3.8) is 0 Å². The molecule has 0 amide bonds. The van der Waals surface area contributed by atoms with Crippen molar-refractivity contribution in [2.75, 3.05) is 19.8 Å². The van der Waals surface area contributed by atoms with Crippen molar-refractivity contribution < 1.29 is 26.7 Å². The first-order chi connectivity index (χ1) is 14.8. The highest BCUT2D eigenvalue weighted by atomic mass is 32.2. The van der Waals surface area contributed by atoms with Crippen molar-refractivity contribution in [2.45, 2.75) is 49.4 Å². The fourth-order valence-electron chi connectivity index (χ4n) is 4.59. The second-order valence-corrected chi connectivity index (χ2v) is 10.5. The third-order valence-electron chi connectivity index (χ3n) is 6.33. The van der Waals surface area contributed by atoms with E-state index in [4.69, 9.17) is 15.2 Å². The molecule has 0 radical (unpaired) electrons. The highest BCUT2D eigenvalue weighted by Crippen LogP contribution is 2.34. The van der Waals surface area contributed by atoms with E-state index in [2.05, 4.69) is 10.00 Å². The molecule has 0 unspecified atom stereocenters. The Bertz CT molecular complexity index is 1060. The van der Waals surface area contributed by atoms with Crippen LogP contribution in [0.2, 0.25) is 0 Å². The van der Waals surface area contributed by atoms with Crippen molar-refractivity contribution in [2.24, 2.45) is 5.73 Å². The Kier molecular flexibility index (Phi) is 5.33. The lowest BCUT2D eigenvalue weighted by Gasteiger charge is -2.38. The molecule has 2 N–H and O–H groups in total. The average molecular weight is 454 g/mol. The lowest BCUT2D eigenvalue weighted by atomic mass is 9.93. The van der Waals surface area contributed by atoms with Crippen LogP contribution in [0.1, 0.15) is 35.8 Å². The van der Waals surface area contributed by atoms with Crippen LogP contribution in [0.25, 0.3) is 0 Å². The molecule has 11 heteroatoms. The predicted molar refractivity (Wildman–Crippen MR) is 106 cm³/mol. The number of benzene rings is 1. The van der Waals surface area contributed by atoms with Gasteiger partial charge in [0.2, 0.25) is 0 Å². The number of halogens is 2. The number of hydrogen-bond acceptors (Lipinski definition) is 7. The van der Waals surface area contributed by atoms with Crippen molar-refractivity contribution >= 4 is 10.0 Å². The summed E-state index contributed by atoms with van der Waals surface area (Å²) in [6.07, 6.45) is 1.89. The Labute approximate surface area is 179 Å². The molecular formula is C20H24F2N4O4S. The van der Waals surface area contributed by atoms with E-state index in [-0.39, 0.29) is 18.2 Å². The molecule has 8 nitrogen and oxygen atoms in total. The molecule has 0 aliphatic carbocycles. The monoisotopic (exact) mass is 454 g/mol. The summed E-state index contributed by atoms with van der Waals surface area (Å²) in [5, 5.41) is 3.76. The van der Waals surface area contributed by atoms with Gasteiger partial charge in [-0.25, -0.2) is 17.2 Å². The zero-order chi connectivity index (χ0) is 21.8. The molecule has 31 heavy (non-hydrogen) atoms. The summed E-state index contributed by atoms with van der Waals surface area (Å²) in [6, 6.07) is 2.76. The maximum Gasteiger partial charge on any atom is 0.259 e. The van der Waals surface area contributed by atoms with E-state index in [0.717, 1.165) is 33.5 Å². The predicted octanol–water partition coefficient (Wildman–Crippen LogP) is 1.30. The van der Waals surface area contributed by atoms with Gasteiger partial charge in [-0.05, 0) is 31.0 Å². The van der Waals surface area contributed by atoms with Gasteiger partial charge in [-0.3, -0.25) is 4.90 Å². The maximum atomic E-state index is 14.1. The lowest BCUT2D eigenvalue weighted by Crippen LogP contribution is -2.47. The van der Waals surface area contributed by atoms with Crippen molar-refractivity contribution in [3.8, 4) is 0 Å². The van der Waals surface area contributed by atoms with E-state index < -0.39 is 39.1 Å². The Morgan fingerprint density at radius 3 is 2.74 bits per heavy atom. The van der Waals surface area contributed by atoms with Gasteiger partial charge in [0.05, 0.1) is 18.9 Å². The summed E-state index contributed by atoms with van der Waals surface area (Å²) in [5.74, 6) is -1.07. The van der Waals surface area contributed by atoms with E-state index in [0.29, 0.717) is 39.1 Å². The van der Waals surface area contributed by atoms with Crippen LogP contribution in [0.15, 0.2) is 24.4 Å². The van der Waals surface area contributed by atoms with Gasteiger partial charge in [0.25, 0.3) is 10.0 Å². The molecule has 2 saturated heterocycles. The van der Waals surface area contributed by atoms with Crippen LogP contribution in [-0.2, 0) is 32.6 Å². The molecule has 0 saturated carbocycles. The summed E-state index contributed by atoms with van der Waals surface area (Å²) in [4.78, 5) is 2.13. The van der Waals surface area contributed by atoms with Crippen LogP contribution in [0.5, 0.6) is 0 Å².